The molecule has 3 heterocycles. The second kappa shape index (κ2) is 8.96. The van der Waals surface area contributed by atoms with Crippen LogP contribution in [0.4, 0.5) is 11.6 Å². The zero-order valence-electron chi connectivity index (χ0n) is 14.7. The third kappa shape index (κ3) is 5.16. The van der Waals surface area contributed by atoms with Gasteiger partial charge in [-0.1, -0.05) is 46.4 Å². The molecule has 29 heavy (non-hydrogen) atoms. The number of amides is 2. The minimum atomic E-state index is -0.748. The van der Waals surface area contributed by atoms with Crippen LogP contribution < -0.4 is 10.6 Å². The normalized spacial score (nSPS) is 11.8. The van der Waals surface area contributed by atoms with Crippen LogP contribution in [0.1, 0.15) is 23.5 Å². The molecule has 0 radical (unpaired) electrons. The molecule has 8 nitrogen and oxygen atoms in total. The molecule has 0 aliphatic heterocycles. The lowest BCUT2D eigenvalue weighted by Gasteiger charge is -2.13. The third-order valence-corrected chi connectivity index (χ3v) is 4.70. The summed E-state index contributed by atoms with van der Waals surface area (Å²) in [5, 5.41) is 10.3. The molecule has 0 fully saturated rings. The summed E-state index contributed by atoms with van der Waals surface area (Å²) in [5.74, 6) is -0.666. The fourth-order valence-corrected chi connectivity index (χ4v) is 3.06. The number of anilines is 2. The molecule has 1 atom stereocenters. The molecule has 0 spiro atoms. The molecule has 2 N–H and O–H groups in total. The van der Waals surface area contributed by atoms with E-state index < -0.39 is 17.9 Å². The minimum absolute atomic E-state index is 0.0696. The van der Waals surface area contributed by atoms with Gasteiger partial charge in [-0.3, -0.25) is 14.3 Å². The molecule has 0 aliphatic carbocycles. The van der Waals surface area contributed by atoms with Crippen molar-refractivity contribution >= 4 is 69.9 Å². The van der Waals surface area contributed by atoms with Gasteiger partial charge in [0.1, 0.15) is 6.04 Å². The molecule has 0 saturated carbocycles. The lowest BCUT2D eigenvalue weighted by Crippen LogP contribution is -2.25. The first-order valence-corrected chi connectivity index (χ1v) is 9.55. The maximum Gasteiger partial charge on any atom is 0.277 e. The van der Waals surface area contributed by atoms with E-state index in [4.69, 9.17) is 46.4 Å². The summed E-state index contributed by atoms with van der Waals surface area (Å²) in [4.78, 5) is 32.7. The topological polar surface area (TPSA) is 102 Å². The van der Waals surface area contributed by atoms with Gasteiger partial charge in [0.2, 0.25) is 5.91 Å². The van der Waals surface area contributed by atoms with Gasteiger partial charge in [0.25, 0.3) is 5.91 Å². The average molecular weight is 474 g/mol. The fourth-order valence-electron chi connectivity index (χ4n) is 2.20. The molecule has 0 saturated heterocycles. The number of carbonyl (C=O) groups is 2. The molecule has 0 aliphatic rings. The van der Waals surface area contributed by atoms with Gasteiger partial charge in [-0.05, 0) is 25.1 Å². The Hall–Kier alpha value is -2.39. The summed E-state index contributed by atoms with van der Waals surface area (Å²) in [5.41, 5.74) is 0.0696. The lowest BCUT2D eigenvalue weighted by molar-refractivity contribution is -0.119. The van der Waals surface area contributed by atoms with Crippen LogP contribution in [0, 0.1) is 0 Å². The van der Waals surface area contributed by atoms with Crippen LogP contribution in [0.25, 0.3) is 0 Å². The number of rotatable bonds is 5. The van der Waals surface area contributed by atoms with E-state index >= 15 is 0 Å². The van der Waals surface area contributed by atoms with Crippen LogP contribution in [0.2, 0.25) is 20.1 Å². The first-order valence-electron chi connectivity index (χ1n) is 8.04. The predicted octanol–water partition coefficient (Wildman–Crippen LogP) is 4.74. The third-order valence-electron chi connectivity index (χ3n) is 3.71. The largest absolute Gasteiger partial charge is 0.308 e. The fraction of sp³-hybridized carbons (Fsp3) is 0.118. The van der Waals surface area contributed by atoms with E-state index in [2.05, 4.69) is 25.7 Å². The van der Waals surface area contributed by atoms with Crippen LogP contribution in [0.15, 0.2) is 36.8 Å². The van der Waals surface area contributed by atoms with E-state index in [9.17, 15) is 9.59 Å². The maximum atomic E-state index is 12.5. The lowest BCUT2D eigenvalue weighted by atomic mass is 10.3. The summed E-state index contributed by atoms with van der Waals surface area (Å²) in [7, 11) is 0. The summed E-state index contributed by atoms with van der Waals surface area (Å²) in [6, 6.07) is 3.62. The van der Waals surface area contributed by atoms with Crippen molar-refractivity contribution in [3.8, 4) is 0 Å². The summed E-state index contributed by atoms with van der Waals surface area (Å²) >= 11 is 23.6. The highest BCUT2D eigenvalue weighted by molar-refractivity contribution is 6.37. The van der Waals surface area contributed by atoms with Gasteiger partial charge in [-0.25, -0.2) is 9.97 Å². The molecule has 3 aromatic heterocycles. The number of hydrogen-bond donors (Lipinski definition) is 2. The number of nitrogens with one attached hydrogen (secondary N) is 2. The number of nitrogens with zero attached hydrogens (tertiary/aromatic N) is 4. The van der Waals surface area contributed by atoms with Crippen LogP contribution in [-0.4, -0.2) is 31.6 Å². The standard InChI is InChI=1S/C17H12Cl4N6O2/c1-8(16(28)24-14-11(20)4-9(18)6-22-14)27-3-2-13(26-27)17(29)25-15-12(21)5-10(19)7-23-15/h2-8H,1H3,(H,22,24,28)(H,23,25,29). The molecular weight excluding hydrogens is 462 g/mol. The molecule has 12 heteroatoms. The first kappa shape index (κ1) is 21.3. The molecule has 0 aromatic carbocycles. The summed E-state index contributed by atoms with van der Waals surface area (Å²) in [6.07, 6.45) is 4.21. The smallest absolute Gasteiger partial charge is 0.277 e. The molecule has 3 aromatic rings. The van der Waals surface area contributed by atoms with Crippen molar-refractivity contribution in [2.45, 2.75) is 13.0 Å². The van der Waals surface area contributed by atoms with Crippen molar-refractivity contribution in [2.75, 3.05) is 10.6 Å². The molecule has 3 rings (SSSR count). The Kier molecular flexibility index (Phi) is 6.59. The number of hydrogen-bond acceptors (Lipinski definition) is 5. The highest BCUT2D eigenvalue weighted by Crippen LogP contribution is 2.24. The van der Waals surface area contributed by atoms with Gasteiger partial charge < -0.3 is 10.6 Å². The van der Waals surface area contributed by atoms with Gasteiger partial charge in [-0.2, -0.15) is 5.10 Å². The van der Waals surface area contributed by atoms with Crippen LogP contribution >= 0.6 is 46.4 Å². The van der Waals surface area contributed by atoms with Crippen LogP contribution in [-0.2, 0) is 4.79 Å². The molecule has 1 unspecified atom stereocenters. The van der Waals surface area contributed by atoms with Gasteiger partial charge in [0.05, 0.1) is 20.1 Å². The van der Waals surface area contributed by atoms with Crippen molar-refractivity contribution in [1.82, 2.24) is 19.7 Å². The minimum Gasteiger partial charge on any atom is -0.308 e. The number of pyridine rings is 2. The Bertz CT molecular complexity index is 1090. The second-order valence-electron chi connectivity index (χ2n) is 5.77. The van der Waals surface area contributed by atoms with E-state index in [1.54, 1.807) is 6.92 Å². The predicted molar refractivity (Wildman–Crippen MR) is 112 cm³/mol. The number of carbonyl (C=O) groups excluding carboxylic acids is 2. The van der Waals surface area contributed by atoms with E-state index in [0.29, 0.717) is 10.0 Å². The Morgan fingerprint density at radius 1 is 0.966 bits per heavy atom. The Balaban J connectivity index is 1.69. The molecule has 0 bridgehead atoms. The highest BCUT2D eigenvalue weighted by Gasteiger charge is 2.20. The number of halogens is 4. The SMILES string of the molecule is CC(C(=O)Nc1ncc(Cl)cc1Cl)n1ccc(C(=O)Nc2ncc(Cl)cc2Cl)n1. The Morgan fingerprint density at radius 3 is 2.07 bits per heavy atom. The second-order valence-corrected chi connectivity index (χ2v) is 7.46. The van der Waals surface area contributed by atoms with Crippen LogP contribution in [0.3, 0.4) is 0 Å². The van der Waals surface area contributed by atoms with Crippen LogP contribution in [0.5, 0.6) is 0 Å². The monoisotopic (exact) mass is 472 g/mol. The van der Waals surface area contributed by atoms with Crippen molar-refractivity contribution in [3.05, 3.63) is 62.6 Å². The summed E-state index contributed by atoms with van der Waals surface area (Å²) in [6.45, 7) is 1.60. The van der Waals surface area contributed by atoms with Crippen molar-refractivity contribution in [1.29, 1.82) is 0 Å². The van der Waals surface area contributed by atoms with Gasteiger partial charge in [0, 0.05) is 18.6 Å². The summed E-state index contributed by atoms with van der Waals surface area (Å²) < 4.78 is 1.32. The van der Waals surface area contributed by atoms with E-state index in [1.165, 1.54) is 41.5 Å². The maximum absolute atomic E-state index is 12.5. The van der Waals surface area contributed by atoms with E-state index in [0.717, 1.165) is 0 Å². The van der Waals surface area contributed by atoms with Crippen molar-refractivity contribution < 1.29 is 9.59 Å². The molecular formula is C17H12Cl4N6O2. The highest BCUT2D eigenvalue weighted by atomic mass is 35.5. The van der Waals surface area contributed by atoms with Crippen molar-refractivity contribution in [2.24, 2.45) is 0 Å². The van der Waals surface area contributed by atoms with E-state index in [-0.39, 0.29) is 27.4 Å². The van der Waals surface area contributed by atoms with Crippen molar-refractivity contribution in [3.63, 3.8) is 0 Å². The Labute approximate surface area is 185 Å². The number of aromatic nitrogens is 4. The van der Waals surface area contributed by atoms with Gasteiger partial charge in [0.15, 0.2) is 17.3 Å². The molecule has 2 amide bonds. The molecule has 150 valence electrons. The zero-order valence-corrected chi connectivity index (χ0v) is 17.7. The Morgan fingerprint density at radius 2 is 1.52 bits per heavy atom. The van der Waals surface area contributed by atoms with Gasteiger partial charge in [-0.15, -0.1) is 0 Å². The van der Waals surface area contributed by atoms with Gasteiger partial charge >= 0.3 is 0 Å². The average Bonchev–Trinajstić information content (AvgIpc) is 3.16. The van der Waals surface area contributed by atoms with E-state index in [1.807, 2.05) is 0 Å². The first-order chi connectivity index (χ1) is 13.7. The quantitative estimate of drug-likeness (QED) is 0.557. The zero-order chi connectivity index (χ0) is 21.1.